The fourth-order valence-corrected chi connectivity index (χ4v) is 4.11. The topological polar surface area (TPSA) is 263 Å². The molecule has 6 N–H and O–H groups in total. The van der Waals surface area contributed by atoms with E-state index in [2.05, 4.69) is 14.5 Å². The normalized spacial score (nSPS) is 20.5. The number of nitrogen functional groups attached to an aromatic ring is 1. The fraction of sp³-hybridized carbons (Fsp3) is 0.368. The van der Waals surface area contributed by atoms with Gasteiger partial charge in [-0.25, -0.2) is 4.57 Å². The molecule has 0 radical (unpaired) electrons. The Hall–Kier alpha value is -1.58. The number of aromatic nitrogens is 4. The van der Waals surface area contributed by atoms with Crippen molar-refractivity contribution in [2.24, 2.45) is 0 Å². The molecule has 2 aromatic heterocycles. The largest absolute Gasteiger partial charge is 1.00 e. The van der Waals surface area contributed by atoms with Crippen molar-refractivity contribution in [3.63, 3.8) is 0 Å². The Morgan fingerprint density at radius 2 is 1.88 bits per heavy atom. The molecular weight excluding hydrogens is 608 g/mol. The molecule has 0 spiro atoms. The zero-order valence-electron chi connectivity index (χ0n) is 21.2. The van der Waals surface area contributed by atoms with Crippen molar-refractivity contribution in [2.45, 2.75) is 37.3 Å². The van der Waals surface area contributed by atoms with Crippen LogP contribution < -0.4 is 89.9 Å². The predicted octanol–water partition coefficient (Wildman–Crippen LogP) is -8.98. The first-order valence-corrected chi connectivity index (χ1v) is 12.0. The molecule has 1 saturated heterocycles. The van der Waals surface area contributed by atoms with Crippen LogP contribution in [0.25, 0.3) is 11.2 Å². The van der Waals surface area contributed by atoms with E-state index in [-0.39, 0.29) is 88.3 Å². The minimum atomic E-state index is -5.40. The Kier molecular flexibility index (Phi) is 13.5. The summed E-state index contributed by atoms with van der Waals surface area (Å²) in [7, 11) is -5.40. The molecule has 0 aliphatic carbocycles. The number of carbonyl (C=O) groups is 1. The number of halogens is 3. The van der Waals surface area contributed by atoms with Crippen molar-refractivity contribution in [2.75, 3.05) is 12.3 Å². The maximum absolute atomic E-state index is 13.1. The van der Waals surface area contributed by atoms with E-state index in [4.69, 9.17) is 25.5 Å². The van der Waals surface area contributed by atoms with Crippen LogP contribution in [0.4, 0.5) is 23.9 Å². The van der Waals surface area contributed by atoms with Crippen LogP contribution in [0, 0.1) is 0 Å². The third-order valence-electron chi connectivity index (χ3n) is 5.31. The summed E-state index contributed by atoms with van der Waals surface area (Å²) in [6.45, 7) is -1.12. The molecule has 1 aliphatic heterocycles. The first-order valence-electron chi connectivity index (χ1n) is 10.5. The summed E-state index contributed by atoms with van der Waals surface area (Å²) >= 11 is 0. The number of ether oxygens (including phenoxy) is 1. The van der Waals surface area contributed by atoms with Crippen LogP contribution in [0.5, 0.6) is 0 Å². The van der Waals surface area contributed by atoms with E-state index in [1.807, 2.05) is 0 Å². The Labute approximate surface area is 271 Å². The Morgan fingerprint density at radius 3 is 2.44 bits per heavy atom. The van der Waals surface area contributed by atoms with Crippen LogP contribution in [-0.4, -0.2) is 60.9 Å². The molecule has 41 heavy (non-hydrogen) atoms. The SMILES string of the molecule is Nc1nc2c(c(=O)[nH]1)n(Cc1cccc(C(F)(F)F)c1)c[n+]2[C@@H]1O[C@H](COP(=O)([O-])[O-])[C@@H](O)[C@H]1O.O=C([O-])O.[Na+].[Na+]. The van der Waals surface area contributed by atoms with Gasteiger partial charge in [0.15, 0.2) is 6.33 Å². The smallest absolute Gasteiger partial charge is 0.790 e. The summed E-state index contributed by atoms with van der Waals surface area (Å²) < 4.78 is 62.0. The van der Waals surface area contributed by atoms with E-state index in [1.165, 1.54) is 23.0 Å². The van der Waals surface area contributed by atoms with Crippen LogP contribution in [0.1, 0.15) is 17.4 Å². The monoisotopic (exact) mass is 627 g/mol. The van der Waals surface area contributed by atoms with E-state index in [0.29, 0.717) is 0 Å². The molecule has 3 aromatic rings. The molecule has 0 unspecified atom stereocenters. The van der Waals surface area contributed by atoms with Gasteiger partial charge in [-0.2, -0.15) is 13.2 Å². The number of alkyl halides is 3. The number of imidazole rings is 1. The van der Waals surface area contributed by atoms with Crippen LogP contribution in [0.2, 0.25) is 0 Å². The molecule has 22 heteroatoms. The van der Waals surface area contributed by atoms with Gasteiger partial charge in [0.05, 0.1) is 26.5 Å². The molecule has 1 fully saturated rings. The molecule has 3 heterocycles. The third kappa shape index (κ3) is 9.72. The van der Waals surface area contributed by atoms with Crippen molar-refractivity contribution in [1.29, 1.82) is 0 Å². The predicted molar refractivity (Wildman–Crippen MR) is 113 cm³/mol. The summed E-state index contributed by atoms with van der Waals surface area (Å²) in [6, 6.07) is 4.40. The zero-order chi connectivity index (χ0) is 29.3. The number of nitrogens with zero attached hydrogens (tertiary/aromatic N) is 3. The molecule has 0 saturated carbocycles. The number of hydrogen-bond acceptors (Lipinski definition) is 12. The van der Waals surface area contributed by atoms with Gasteiger partial charge in [0, 0.05) is 0 Å². The minimum Gasteiger partial charge on any atom is -0.790 e. The second kappa shape index (κ2) is 14.7. The number of nitrogens with two attached hydrogens (primary N) is 1. The number of fused-ring (bicyclic) bond motifs is 1. The summed E-state index contributed by atoms with van der Waals surface area (Å²) in [6.07, 6.45) is -11.7. The standard InChI is InChI=1S/C18H19F3N5O8P.CH2O3.2Na/c19-18(20,21)9-3-1-2-8(4-9)5-25-7-26(14-11(25)15(29)24-17(22)23-14)16-13(28)12(27)10(34-16)6-33-35(30,31)32;2-1(3)4;;/h1-4,7,10,12-13,16,27-28H,5-6H2,(H4-,22,23,24,29,30,31,32);(H2,2,3,4);;/q;;2*+1/p-2/t10-,12-,13-,16-;;;/m1.../s1. The Bertz CT molecular complexity index is 1460. The van der Waals surface area contributed by atoms with E-state index >= 15 is 0 Å². The molecule has 4 atom stereocenters. The summed E-state index contributed by atoms with van der Waals surface area (Å²) in [5.41, 5.74) is 3.88. The number of rotatable bonds is 6. The van der Waals surface area contributed by atoms with Crippen LogP contribution >= 0.6 is 7.82 Å². The number of aliphatic hydroxyl groups is 2. The average Bonchev–Trinajstić information content (AvgIpc) is 3.28. The number of aromatic amines is 1. The number of hydrogen-bond donors (Lipinski definition) is 5. The van der Waals surface area contributed by atoms with Gasteiger partial charge in [0.25, 0.3) is 11.5 Å². The van der Waals surface area contributed by atoms with Crippen molar-refractivity contribution in [3.8, 4) is 0 Å². The number of anilines is 1. The first-order chi connectivity index (χ1) is 18.0. The van der Waals surface area contributed by atoms with Gasteiger partial charge >= 0.3 is 70.9 Å². The van der Waals surface area contributed by atoms with Gasteiger partial charge in [0.2, 0.25) is 17.9 Å². The third-order valence-corrected chi connectivity index (χ3v) is 5.77. The molecule has 0 amide bonds. The molecule has 0 bridgehead atoms. The average molecular weight is 627 g/mol. The van der Waals surface area contributed by atoms with E-state index in [0.717, 1.165) is 16.7 Å². The van der Waals surface area contributed by atoms with E-state index in [9.17, 15) is 42.5 Å². The number of nitrogens with one attached hydrogen (secondary N) is 1. The number of carboxylic acid groups (broad SMARTS) is 2. The second-order valence-corrected chi connectivity index (χ2v) is 9.18. The quantitative estimate of drug-likeness (QED) is 0.0967. The first kappa shape index (κ1) is 37.4. The van der Waals surface area contributed by atoms with Crippen LogP contribution in [0.3, 0.4) is 0 Å². The molecule has 1 aliphatic rings. The number of benzene rings is 1. The van der Waals surface area contributed by atoms with Crippen molar-refractivity contribution >= 4 is 31.1 Å². The summed E-state index contributed by atoms with van der Waals surface area (Å²) in [4.78, 5) is 48.8. The van der Waals surface area contributed by atoms with Gasteiger partial charge in [0.1, 0.15) is 18.3 Å². The van der Waals surface area contributed by atoms with E-state index < -0.39 is 62.4 Å². The Balaban J connectivity index is 0.00000131. The molecule has 4 rings (SSSR count). The van der Waals surface area contributed by atoms with Crippen molar-refractivity contribution in [3.05, 3.63) is 52.1 Å². The van der Waals surface area contributed by atoms with Gasteiger partial charge in [-0.15, -0.1) is 0 Å². The Morgan fingerprint density at radius 1 is 1.27 bits per heavy atom. The maximum atomic E-state index is 13.1. The number of H-pyrrole nitrogens is 1. The maximum Gasteiger partial charge on any atom is 1.00 e. The van der Waals surface area contributed by atoms with E-state index in [1.54, 1.807) is 0 Å². The molecule has 16 nitrogen and oxygen atoms in total. The van der Waals surface area contributed by atoms with Gasteiger partial charge in [-0.1, -0.05) is 17.1 Å². The number of phosphoric ester groups is 1. The van der Waals surface area contributed by atoms with Crippen LogP contribution in [0.15, 0.2) is 35.4 Å². The van der Waals surface area contributed by atoms with Gasteiger partial charge in [-0.05, 0) is 17.7 Å². The number of phosphoric acid groups is 1. The fourth-order valence-electron chi connectivity index (χ4n) is 3.78. The van der Waals surface area contributed by atoms with Gasteiger partial charge < -0.3 is 54.6 Å². The molecular formula is C19H19F3N5Na2O11P. The van der Waals surface area contributed by atoms with Crippen molar-refractivity contribution in [1.82, 2.24) is 14.5 Å². The minimum absolute atomic E-state index is 0. The summed E-state index contributed by atoms with van der Waals surface area (Å²) in [5, 5.41) is 36.0. The van der Waals surface area contributed by atoms with Crippen LogP contribution in [-0.2, 0) is 26.5 Å². The molecule has 214 valence electrons. The summed E-state index contributed by atoms with van der Waals surface area (Å²) in [5.74, 6) is -0.320. The molecule has 1 aromatic carbocycles. The number of aliphatic hydroxyl groups excluding tert-OH is 2. The van der Waals surface area contributed by atoms with Gasteiger partial charge in [-0.3, -0.25) is 14.3 Å². The zero-order valence-corrected chi connectivity index (χ0v) is 26.1. The second-order valence-electron chi connectivity index (χ2n) is 8.03. The van der Waals surface area contributed by atoms with Crippen molar-refractivity contribution < 1.29 is 126 Å².